The quantitative estimate of drug-likeness (QED) is 0.715. The van der Waals surface area contributed by atoms with E-state index in [2.05, 4.69) is 40.6 Å². The van der Waals surface area contributed by atoms with Crippen molar-refractivity contribution in [1.82, 2.24) is 4.98 Å². The Kier molecular flexibility index (Phi) is 4.21. The molecule has 0 bridgehead atoms. The summed E-state index contributed by atoms with van der Waals surface area (Å²) in [4.78, 5) is 4.02. The summed E-state index contributed by atoms with van der Waals surface area (Å²) in [6, 6.07) is 16.2. The van der Waals surface area contributed by atoms with Gasteiger partial charge in [-0.15, -0.1) is 0 Å². The van der Waals surface area contributed by atoms with Gasteiger partial charge in [-0.25, -0.2) is 0 Å². The van der Waals surface area contributed by atoms with E-state index in [0.29, 0.717) is 0 Å². The molecule has 4 heteroatoms. The monoisotopic (exact) mass is 288 g/mol. The molecule has 0 saturated carbocycles. The summed E-state index contributed by atoms with van der Waals surface area (Å²) in [6.07, 6.45) is 7.75. The largest absolute Gasteiger partial charge is 0.433 e. The van der Waals surface area contributed by atoms with Crippen LogP contribution < -0.4 is 5.23 Å². The number of benzene rings is 2. The number of nitrogens with one attached hydrogen (secondary N) is 1. The fourth-order valence-corrected chi connectivity index (χ4v) is 2.48. The molecule has 0 atom stereocenters. The number of hydrogen-bond donors (Lipinski definition) is 2. The van der Waals surface area contributed by atoms with Gasteiger partial charge in [-0.3, -0.25) is 4.98 Å². The molecule has 2 aromatic carbocycles. The van der Waals surface area contributed by atoms with Gasteiger partial charge in [0.15, 0.2) is 0 Å². The minimum Gasteiger partial charge on any atom is -0.433 e. The highest BCUT2D eigenvalue weighted by molar-refractivity contribution is 6.53. The highest BCUT2D eigenvalue weighted by Gasteiger charge is 2.07. The molecule has 22 heavy (non-hydrogen) atoms. The highest BCUT2D eigenvalue weighted by atomic mass is 16.2. The van der Waals surface area contributed by atoms with Crippen LogP contribution in [0.4, 0.5) is 5.69 Å². The van der Waals surface area contributed by atoms with E-state index in [1.165, 1.54) is 0 Å². The van der Waals surface area contributed by atoms with Gasteiger partial charge in [0.1, 0.15) is 0 Å². The summed E-state index contributed by atoms with van der Waals surface area (Å²) in [7, 11) is -0.582. The maximum Gasteiger partial charge on any atom is 0.406 e. The summed E-state index contributed by atoms with van der Waals surface area (Å²) < 4.78 is 0. The van der Waals surface area contributed by atoms with E-state index >= 15 is 0 Å². The Balaban J connectivity index is 2.02. The van der Waals surface area contributed by atoms with Crippen LogP contribution >= 0.6 is 0 Å². The summed E-state index contributed by atoms with van der Waals surface area (Å²) in [5.74, 6) is 0. The van der Waals surface area contributed by atoms with Crippen molar-refractivity contribution in [3.8, 4) is 0 Å². The maximum absolute atomic E-state index is 9.56. The lowest BCUT2D eigenvalue weighted by Crippen LogP contribution is -2.19. The molecule has 3 nitrogen and oxygen atoms in total. The molecule has 108 valence electrons. The maximum atomic E-state index is 9.56. The summed E-state index contributed by atoms with van der Waals surface area (Å²) >= 11 is 0. The third-order valence-corrected chi connectivity index (χ3v) is 3.48. The molecule has 0 spiro atoms. The zero-order chi connectivity index (χ0) is 15.4. The van der Waals surface area contributed by atoms with Crippen molar-refractivity contribution in [3.05, 3.63) is 72.1 Å². The predicted molar refractivity (Wildman–Crippen MR) is 94.6 cm³/mol. The number of hydrogen-bond acceptors (Lipinski definition) is 3. The summed E-state index contributed by atoms with van der Waals surface area (Å²) in [5, 5.41) is 14.9. The van der Waals surface area contributed by atoms with Crippen LogP contribution in [-0.4, -0.2) is 17.1 Å². The Hall–Kier alpha value is -2.59. The Morgan fingerprint density at radius 2 is 1.68 bits per heavy atom. The Morgan fingerprint density at radius 3 is 2.41 bits per heavy atom. The van der Waals surface area contributed by atoms with Crippen LogP contribution in [0.15, 0.2) is 60.9 Å². The predicted octanol–water partition coefficient (Wildman–Crippen LogP) is 3.93. The highest BCUT2D eigenvalue weighted by Crippen LogP contribution is 2.28. The first kappa shape index (κ1) is 14.4. The van der Waals surface area contributed by atoms with Crippen molar-refractivity contribution >= 4 is 35.7 Å². The van der Waals surface area contributed by atoms with Crippen molar-refractivity contribution in [3.63, 3.8) is 0 Å². The van der Waals surface area contributed by atoms with Crippen LogP contribution in [0.25, 0.3) is 22.9 Å². The molecule has 0 aliphatic heterocycles. The van der Waals surface area contributed by atoms with Crippen LogP contribution in [-0.2, 0) is 0 Å². The molecule has 3 rings (SSSR count). The molecule has 0 aliphatic carbocycles. The van der Waals surface area contributed by atoms with Gasteiger partial charge in [0.2, 0.25) is 0 Å². The topological polar surface area (TPSA) is 45.1 Å². The zero-order valence-electron chi connectivity index (χ0n) is 12.4. The molecule has 0 radical (unpaired) electrons. The second-order valence-electron chi connectivity index (χ2n) is 5.18. The summed E-state index contributed by atoms with van der Waals surface area (Å²) in [6.45, 7) is 1.71. The average Bonchev–Trinajstić information content (AvgIpc) is 2.55. The normalized spacial score (nSPS) is 11.0. The Bertz CT molecular complexity index is 801. The molecule has 1 aromatic heterocycles. The van der Waals surface area contributed by atoms with E-state index in [4.69, 9.17) is 0 Å². The van der Waals surface area contributed by atoms with E-state index in [-0.39, 0.29) is 0 Å². The second kappa shape index (κ2) is 6.45. The molecule has 0 unspecified atom stereocenters. The smallest absolute Gasteiger partial charge is 0.406 e. The van der Waals surface area contributed by atoms with E-state index in [1.54, 1.807) is 19.2 Å². The van der Waals surface area contributed by atoms with Crippen LogP contribution in [0.3, 0.4) is 0 Å². The van der Waals surface area contributed by atoms with E-state index in [9.17, 15) is 5.02 Å². The van der Waals surface area contributed by atoms with Crippen molar-refractivity contribution in [1.29, 1.82) is 0 Å². The van der Waals surface area contributed by atoms with Gasteiger partial charge >= 0.3 is 7.05 Å². The molecule has 0 amide bonds. The van der Waals surface area contributed by atoms with Crippen LogP contribution in [0.5, 0.6) is 0 Å². The lowest BCUT2D eigenvalue weighted by Gasteiger charge is -2.12. The molecule has 2 N–H and O–H groups in total. The number of nitrogens with zero attached hydrogens (tertiary/aromatic N) is 1. The standard InChI is InChI=1S/C18H17BN2O/c1-19(22)21-18-9-8-15(16-4-2-3-5-17(16)18)7-6-14-10-12-20-13-11-14/h2-13,21-22H,1H3/b7-6+. The second-order valence-corrected chi connectivity index (χ2v) is 5.18. The van der Waals surface area contributed by atoms with Gasteiger partial charge in [-0.05, 0) is 41.5 Å². The fraction of sp³-hybridized carbons (Fsp3) is 0.0556. The number of pyridine rings is 1. The summed E-state index contributed by atoms with van der Waals surface area (Å²) in [5.41, 5.74) is 3.19. The first-order valence-electron chi connectivity index (χ1n) is 7.28. The minimum atomic E-state index is -0.582. The van der Waals surface area contributed by atoms with Crippen LogP contribution in [0.2, 0.25) is 6.82 Å². The number of fused-ring (bicyclic) bond motifs is 1. The van der Waals surface area contributed by atoms with Crippen LogP contribution in [0, 0.1) is 0 Å². The van der Waals surface area contributed by atoms with Gasteiger partial charge in [0, 0.05) is 23.5 Å². The number of aromatic nitrogens is 1. The van der Waals surface area contributed by atoms with Gasteiger partial charge in [-0.2, -0.15) is 0 Å². The zero-order valence-corrected chi connectivity index (χ0v) is 12.4. The lowest BCUT2D eigenvalue weighted by molar-refractivity contribution is 0.587. The van der Waals surface area contributed by atoms with E-state index in [0.717, 1.165) is 27.6 Å². The minimum absolute atomic E-state index is 0.582. The van der Waals surface area contributed by atoms with Crippen molar-refractivity contribution in [2.24, 2.45) is 0 Å². The fourth-order valence-electron chi connectivity index (χ4n) is 2.48. The van der Waals surface area contributed by atoms with E-state index < -0.39 is 7.05 Å². The first-order chi connectivity index (χ1) is 10.7. The van der Waals surface area contributed by atoms with Gasteiger partial charge in [-0.1, -0.05) is 42.5 Å². The molecule has 0 aliphatic rings. The Labute approximate surface area is 130 Å². The van der Waals surface area contributed by atoms with Crippen molar-refractivity contribution in [2.75, 3.05) is 5.23 Å². The molecule has 3 aromatic rings. The van der Waals surface area contributed by atoms with Gasteiger partial charge < -0.3 is 10.3 Å². The van der Waals surface area contributed by atoms with Crippen molar-refractivity contribution < 1.29 is 5.02 Å². The molecular formula is C18H17BN2O. The number of anilines is 1. The molecule has 0 fully saturated rings. The van der Waals surface area contributed by atoms with E-state index in [1.807, 2.05) is 30.3 Å². The van der Waals surface area contributed by atoms with Crippen LogP contribution in [0.1, 0.15) is 11.1 Å². The SMILES string of the molecule is CB(O)Nc1ccc(/C=C/c2ccncc2)c2ccccc12. The number of rotatable bonds is 4. The molecular weight excluding hydrogens is 271 g/mol. The average molecular weight is 288 g/mol. The molecule has 0 saturated heterocycles. The third-order valence-electron chi connectivity index (χ3n) is 3.48. The lowest BCUT2D eigenvalue weighted by atomic mass is 9.87. The Morgan fingerprint density at radius 1 is 0.955 bits per heavy atom. The third kappa shape index (κ3) is 3.18. The van der Waals surface area contributed by atoms with Gasteiger partial charge in [0.05, 0.1) is 0 Å². The van der Waals surface area contributed by atoms with Gasteiger partial charge in [0.25, 0.3) is 0 Å². The first-order valence-corrected chi connectivity index (χ1v) is 7.28. The van der Waals surface area contributed by atoms with Crippen molar-refractivity contribution in [2.45, 2.75) is 6.82 Å². The molecule has 1 heterocycles.